The summed E-state index contributed by atoms with van der Waals surface area (Å²) in [7, 11) is 1.58. The van der Waals surface area contributed by atoms with Crippen LogP contribution in [-0.4, -0.2) is 66.1 Å². The summed E-state index contributed by atoms with van der Waals surface area (Å²) in [4.78, 5) is 36.4. The minimum atomic E-state index is -1.12. The first-order valence-electron chi connectivity index (χ1n) is 13.3. The first-order valence-corrected chi connectivity index (χ1v) is 13.7. The standard InChI is InChI=1S/C30H28ClF2N5O3/c1-36(30(40)41-23-7-8-25(32)26(33)14-23)27-18-38(17-24(27)20-3-5-22(31)6-4-20)29(39)21-10-12-37(13-11-21)28-9-2-19(15-34)16-35-28/h2-9,14,16,21,24,27H,10-13,17-18H2,1H3/t24-,27+/m0/s1. The van der Waals surface area contributed by atoms with Crippen molar-refractivity contribution in [2.45, 2.75) is 24.8 Å². The molecule has 2 aromatic carbocycles. The van der Waals surface area contributed by atoms with Crippen molar-refractivity contribution in [1.29, 1.82) is 5.26 Å². The zero-order valence-electron chi connectivity index (χ0n) is 22.3. The number of benzene rings is 2. The van der Waals surface area contributed by atoms with Crippen molar-refractivity contribution in [2.75, 3.05) is 38.1 Å². The fourth-order valence-corrected chi connectivity index (χ4v) is 5.62. The molecule has 2 saturated heterocycles. The Morgan fingerprint density at radius 1 is 1.05 bits per heavy atom. The first-order chi connectivity index (χ1) is 19.7. The van der Waals surface area contributed by atoms with Crippen molar-refractivity contribution in [3.63, 3.8) is 0 Å². The lowest BCUT2D eigenvalue weighted by atomic mass is 9.93. The Balaban J connectivity index is 1.28. The Hall–Kier alpha value is -4.23. The quantitative estimate of drug-likeness (QED) is 0.411. The van der Waals surface area contributed by atoms with Crippen molar-refractivity contribution < 1.29 is 23.1 Å². The number of amides is 2. The fourth-order valence-electron chi connectivity index (χ4n) is 5.50. The molecule has 8 nitrogen and oxygen atoms in total. The molecule has 3 heterocycles. The molecule has 41 heavy (non-hydrogen) atoms. The molecule has 11 heteroatoms. The van der Waals surface area contributed by atoms with Crippen LogP contribution in [0.3, 0.4) is 0 Å². The average Bonchev–Trinajstić information content (AvgIpc) is 3.44. The number of carbonyl (C=O) groups excluding carboxylic acids is 2. The van der Waals surface area contributed by atoms with Crippen LogP contribution >= 0.6 is 11.6 Å². The van der Waals surface area contributed by atoms with Gasteiger partial charge in [-0.3, -0.25) is 4.79 Å². The number of ether oxygens (including phenoxy) is 1. The van der Waals surface area contributed by atoms with Gasteiger partial charge in [0.05, 0.1) is 11.6 Å². The number of nitriles is 1. The van der Waals surface area contributed by atoms with E-state index in [-0.39, 0.29) is 23.5 Å². The van der Waals surface area contributed by atoms with Crippen LogP contribution in [-0.2, 0) is 4.79 Å². The van der Waals surface area contributed by atoms with Crippen LogP contribution in [0, 0.1) is 28.9 Å². The molecule has 0 bridgehead atoms. The van der Waals surface area contributed by atoms with Crippen molar-refractivity contribution in [3.8, 4) is 11.8 Å². The molecule has 0 unspecified atom stereocenters. The van der Waals surface area contributed by atoms with Crippen LogP contribution in [0.15, 0.2) is 60.8 Å². The SMILES string of the molecule is CN(C(=O)Oc1ccc(F)c(F)c1)[C@@H]1CN(C(=O)C2CCN(c3ccc(C#N)cn3)CC2)C[C@H]1c1ccc(Cl)cc1. The smallest absolute Gasteiger partial charge is 0.410 e. The summed E-state index contributed by atoms with van der Waals surface area (Å²) in [6.07, 6.45) is 2.11. The second-order valence-corrected chi connectivity index (χ2v) is 10.7. The number of hydrogen-bond donors (Lipinski definition) is 0. The van der Waals surface area contributed by atoms with Gasteiger partial charge in [0.15, 0.2) is 11.6 Å². The molecule has 0 radical (unpaired) electrons. The summed E-state index contributed by atoms with van der Waals surface area (Å²) >= 11 is 6.10. The van der Waals surface area contributed by atoms with Gasteiger partial charge in [-0.05, 0) is 54.8 Å². The van der Waals surface area contributed by atoms with E-state index in [4.69, 9.17) is 21.6 Å². The van der Waals surface area contributed by atoms with Crippen LogP contribution in [0.1, 0.15) is 29.9 Å². The number of likely N-dealkylation sites (N-methyl/N-ethyl adjacent to an activating group) is 1. The van der Waals surface area contributed by atoms with Gasteiger partial charge in [-0.2, -0.15) is 5.26 Å². The Morgan fingerprint density at radius 3 is 2.41 bits per heavy atom. The normalized spacial score (nSPS) is 19.1. The number of rotatable bonds is 5. The number of nitrogens with zero attached hydrogens (tertiary/aromatic N) is 5. The zero-order chi connectivity index (χ0) is 29.1. The maximum atomic E-state index is 13.7. The molecule has 0 spiro atoms. The van der Waals surface area contributed by atoms with Gasteiger partial charge in [-0.1, -0.05) is 23.7 Å². The van der Waals surface area contributed by atoms with Gasteiger partial charge in [-0.25, -0.2) is 18.6 Å². The number of carbonyl (C=O) groups is 2. The number of anilines is 1. The summed E-state index contributed by atoms with van der Waals surface area (Å²) in [6.45, 7) is 2.03. The lowest BCUT2D eigenvalue weighted by Gasteiger charge is -2.34. The molecule has 0 N–H and O–H groups in total. The van der Waals surface area contributed by atoms with Crippen LogP contribution in [0.25, 0.3) is 0 Å². The zero-order valence-corrected chi connectivity index (χ0v) is 23.1. The van der Waals surface area contributed by atoms with Crippen LogP contribution in [0.4, 0.5) is 19.4 Å². The molecule has 2 aliphatic heterocycles. The van der Waals surface area contributed by atoms with Gasteiger partial charge in [0.1, 0.15) is 17.6 Å². The summed E-state index contributed by atoms with van der Waals surface area (Å²) in [6, 6.07) is 15.4. The van der Waals surface area contributed by atoms with Gasteiger partial charge in [0.25, 0.3) is 0 Å². The molecular formula is C30H28ClF2N5O3. The third-order valence-corrected chi connectivity index (χ3v) is 8.08. The average molecular weight is 580 g/mol. The molecule has 3 aromatic rings. The first kappa shape index (κ1) is 28.3. The highest BCUT2D eigenvalue weighted by atomic mass is 35.5. The lowest BCUT2D eigenvalue weighted by Crippen LogP contribution is -2.45. The number of aromatic nitrogens is 1. The number of hydrogen-bond acceptors (Lipinski definition) is 6. The summed E-state index contributed by atoms with van der Waals surface area (Å²) in [5.74, 6) is -1.84. The second kappa shape index (κ2) is 12.1. The predicted octanol–water partition coefficient (Wildman–Crippen LogP) is 5.23. The Kier molecular flexibility index (Phi) is 8.36. The Morgan fingerprint density at radius 2 is 1.78 bits per heavy atom. The highest BCUT2D eigenvalue weighted by Gasteiger charge is 2.42. The minimum Gasteiger partial charge on any atom is -0.410 e. The predicted molar refractivity (Wildman–Crippen MR) is 149 cm³/mol. The molecule has 5 rings (SSSR count). The van der Waals surface area contributed by atoms with Crippen molar-refractivity contribution in [2.24, 2.45) is 5.92 Å². The molecule has 2 fully saturated rings. The molecule has 2 atom stereocenters. The fraction of sp³-hybridized carbons (Fsp3) is 0.333. The minimum absolute atomic E-state index is 0.0290. The van der Waals surface area contributed by atoms with E-state index in [0.29, 0.717) is 49.6 Å². The maximum absolute atomic E-state index is 13.7. The highest BCUT2D eigenvalue weighted by molar-refractivity contribution is 6.30. The number of likely N-dealkylation sites (tertiary alicyclic amines) is 1. The molecule has 0 saturated carbocycles. The van der Waals surface area contributed by atoms with E-state index < -0.39 is 23.8 Å². The molecule has 212 valence electrons. The van der Waals surface area contributed by atoms with Crippen LogP contribution in [0.2, 0.25) is 5.02 Å². The summed E-state index contributed by atoms with van der Waals surface area (Å²) < 4.78 is 32.3. The van der Waals surface area contributed by atoms with Crippen LogP contribution < -0.4 is 9.64 Å². The largest absolute Gasteiger partial charge is 0.415 e. The second-order valence-electron chi connectivity index (χ2n) is 10.3. The number of pyridine rings is 1. The topological polar surface area (TPSA) is 89.8 Å². The summed E-state index contributed by atoms with van der Waals surface area (Å²) in [5.41, 5.74) is 1.42. The van der Waals surface area contributed by atoms with Crippen molar-refractivity contribution in [1.82, 2.24) is 14.8 Å². The van der Waals surface area contributed by atoms with E-state index >= 15 is 0 Å². The number of piperidine rings is 1. The van der Waals surface area contributed by atoms with E-state index in [9.17, 15) is 18.4 Å². The molecule has 2 aliphatic rings. The van der Waals surface area contributed by atoms with Gasteiger partial charge in [0, 0.05) is 62.3 Å². The van der Waals surface area contributed by atoms with E-state index in [1.165, 1.54) is 11.0 Å². The monoisotopic (exact) mass is 579 g/mol. The molecule has 0 aliphatic carbocycles. The highest BCUT2D eigenvalue weighted by Crippen LogP contribution is 2.34. The van der Waals surface area contributed by atoms with E-state index in [1.54, 1.807) is 36.3 Å². The molecule has 2 amide bonds. The molecule has 1 aromatic heterocycles. The molecular weight excluding hydrogens is 552 g/mol. The third-order valence-electron chi connectivity index (χ3n) is 7.83. The van der Waals surface area contributed by atoms with Crippen molar-refractivity contribution in [3.05, 3.63) is 88.6 Å². The lowest BCUT2D eigenvalue weighted by molar-refractivity contribution is -0.135. The van der Waals surface area contributed by atoms with Gasteiger partial charge < -0.3 is 19.4 Å². The van der Waals surface area contributed by atoms with Gasteiger partial charge >= 0.3 is 6.09 Å². The Labute approximate surface area is 241 Å². The Bertz CT molecular complexity index is 1460. The number of halogens is 3. The van der Waals surface area contributed by atoms with E-state index in [2.05, 4.69) is 16.0 Å². The van der Waals surface area contributed by atoms with Gasteiger partial charge in [-0.15, -0.1) is 0 Å². The maximum Gasteiger partial charge on any atom is 0.415 e. The third kappa shape index (κ3) is 6.25. The van der Waals surface area contributed by atoms with Gasteiger partial charge in [0.2, 0.25) is 5.91 Å². The van der Waals surface area contributed by atoms with Crippen molar-refractivity contribution >= 4 is 29.4 Å². The van der Waals surface area contributed by atoms with E-state index in [1.807, 2.05) is 18.2 Å². The summed E-state index contributed by atoms with van der Waals surface area (Å²) in [5, 5.41) is 9.58. The van der Waals surface area contributed by atoms with E-state index in [0.717, 1.165) is 23.5 Å². The van der Waals surface area contributed by atoms with Crippen LogP contribution in [0.5, 0.6) is 5.75 Å².